The zero-order valence-corrected chi connectivity index (χ0v) is 15.5. The molecule has 4 aromatic rings. The molecule has 26 heavy (non-hydrogen) atoms. The molecule has 128 valence electrons. The van der Waals surface area contributed by atoms with Crippen LogP contribution in [0.2, 0.25) is 0 Å². The Morgan fingerprint density at radius 3 is 2.27 bits per heavy atom. The fraction of sp³-hybridized carbons (Fsp3) is 0.0909. The van der Waals surface area contributed by atoms with Crippen LogP contribution in [0.3, 0.4) is 0 Å². The number of aromatic nitrogens is 2. The van der Waals surface area contributed by atoms with Crippen LogP contribution in [0.5, 0.6) is 5.75 Å². The van der Waals surface area contributed by atoms with Crippen molar-refractivity contribution in [2.75, 3.05) is 7.11 Å². The van der Waals surface area contributed by atoms with Gasteiger partial charge in [0.25, 0.3) is 0 Å². The van der Waals surface area contributed by atoms with Crippen LogP contribution in [0, 0.1) is 6.92 Å². The maximum atomic E-state index is 5.24. The smallest absolute Gasteiger partial charge is 0.161 e. The van der Waals surface area contributed by atoms with Crippen LogP contribution >= 0.6 is 11.8 Å². The topological polar surface area (TPSA) is 35.0 Å². The summed E-state index contributed by atoms with van der Waals surface area (Å²) >= 11 is 1.67. The van der Waals surface area contributed by atoms with Crippen LogP contribution in [0.15, 0.2) is 82.7 Å². The monoisotopic (exact) mass is 358 g/mol. The molecule has 1 aromatic heterocycles. The molecule has 0 atom stereocenters. The maximum absolute atomic E-state index is 5.24. The van der Waals surface area contributed by atoms with E-state index in [4.69, 9.17) is 14.7 Å². The molecule has 1 heterocycles. The number of hydrogen-bond donors (Lipinski definition) is 0. The van der Waals surface area contributed by atoms with Gasteiger partial charge in [-0.1, -0.05) is 47.7 Å². The third kappa shape index (κ3) is 3.41. The Morgan fingerprint density at radius 2 is 1.54 bits per heavy atom. The molecule has 0 bridgehead atoms. The van der Waals surface area contributed by atoms with Gasteiger partial charge in [-0.25, -0.2) is 9.97 Å². The van der Waals surface area contributed by atoms with E-state index < -0.39 is 0 Å². The Balaban J connectivity index is 1.80. The summed E-state index contributed by atoms with van der Waals surface area (Å²) in [6.45, 7) is 2.09. The van der Waals surface area contributed by atoms with Crippen molar-refractivity contribution in [2.45, 2.75) is 16.8 Å². The van der Waals surface area contributed by atoms with E-state index in [0.29, 0.717) is 0 Å². The summed E-state index contributed by atoms with van der Waals surface area (Å²) in [4.78, 5) is 10.8. The molecule has 3 nitrogen and oxygen atoms in total. The van der Waals surface area contributed by atoms with Gasteiger partial charge in [-0.3, -0.25) is 0 Å². The number of fused-ring (bicyclic) bond motifs is 1. The fourth-order valence-corrected chi connectivity index (χ4v) is 3.62. The normalized spacial score (nSPS) is 10.8. The van der Waals surface area contributed by atoms with Gasteiger partial charge in [-0.2, -0.15) is 0 Å². The van der Waals surface area contributed by atoms with E-state index in [2.05, 4.69) is 37.3 Å². The predicted octanol–water partition coefficient (Wildman–Crippen LogP) is 5.77. The van der Waals surface area contributed by atoms with E-state index in [-0.39, 0.29) is 0 Å². The standard InChI is InChI=1S/C22H18N2OS/c1-15-7-13-18(14-8-15)26-22-19-5-3-4-6-20(19)23-21(24-22)16-9-11-17(25-2)12-10-16/h3-14H,1-2H3. The van der Waals surface area contributed by atoms with E-state index in [0.717, 1.165) is 33.1 Å². The summed E-state index contributed by atoms with van der Waals surface area (Å²) in [5.74, 6) is 1.55. The largest absolute Gasteiger partial charge is 0.497 e. The van der Waals surface area contributed by atoms with Crippen LogP contribution < -0.4 is 4.74 Å². The highest BCUT2D eigenvalue weighted by atomic mass is 32.2. The summed E-state index contributed by atoms with van der Waals surface area (Å²) in [6.07, 6.45) is 0. The SMILES string of the molecule is COc1ccc(-c2nc(Sc3ccc(C)cc3)c3ccccc3n2)cc1. The summed E-state index contributed by atoms with van der Waals surface area (Å²) in [5, 5.41) is 2.03. The van der Waals surface area contributed by atoms with Crippen molar-refractivity contribution in [3.05, 3.63) is 78.4 Å². The van der Waals surface area contributed by atoms with Crippen LogP contribution in [-0.4, -0.2) is 17.1 Å². The van der Waals surface area contributed by atoms with Crippen molar-refractivity contribution in [1.82, 2.24) is 9.97 Å². The van der Waals surface area contributed by atoms with Crippen molar-refractivity contribution in [2.24, 2.45) is 0 Å². The fourth-order valence-electron chi connectivity index (χ4n) is 2.71. The number of aryl methyl sites for hydroxylation is 1. The molecular formula is C22H18N2OS. The number of ether oxygens (including phenoxy) is 1. The first kappa shape index (κ1) is 16.6. The lowest BCUT2D eigenvalue weighted by Crippen LogP contribution is -1.94. The predicted molar refractivity (Wildman–Crippen MR) is 107 cm³/mol. The minimum Gasteiger partial charge on any atom is -0.497 e. The highest BCUT2D eigenvalue weighted by Gasteiger charge is 2.11. The first-order chi connectivity index (χ1) is 12.7. The van der Waals surface area contributed by atoms with E-state index in [1.165, 1.54) is 10.5 Å². The number of methoxy groups -OCH3 is 1. The molecule has 4 heteroatoms. The molecule has 0 N–H and O–H groups in total. The summed E-state index contributed by atoms with van der Waals surface area (Å²) in [5.41, 5.74) is 3.17. The van der Waals surface area contributed by atoms with Crippen LogP contribution in [0.1, 0.15) is 5.56 Å². The number of rotatable bonds is 4. The van der Waals surface area contributed by atoms with Gasteiger partial charge in [0.05, 0.1) is 12.6 Å². The average molecular weight is 358 g/mol. The summed E-state index contributed by atoms with van der Waals surface area (Å²) in [6, 6.07) is 24.5. The van der Waals surface area contributed by atoms with E-state index in [1.54, 1.807) is 18.9 Å². The molecule has 3 aromatic carbocycles. The van der Waals surface area contributed by atoms with E-state index >= 15 is 0 Å². The molecule has 0 saturated carbocycles. The summed E-state index contributed by atoms with van der Waals surface area (Å²) in [7, 11) is 1.66. The number of para-hydroxylation sites is 1. The van der Waals surface area contributed by atoms with Gasteiger partial charge in [0.1, 0.15) is 10.8 Å². The Bertz CT molecular complexity index is 1040. The van der Waals surface area contributed by atoms with Gasteiger partial charge in [-0.15, -0.1) is 0 Å². The minimum absolute atomic E-state index is 0.723. The average Bonchev–Trinajstić information content (AvgIpc) is 2.69. The molecule has 0 radical (unpaired) electrons. The lowest BCUT2D eigenvalue weighted by Gasteiger charge is -2.09. The first-order valence-electron chi connectivity index (χ1n) is 8.39. The lowest BCUT2D eigenvalue weighted by molar-refractivity contribution is 0.415. The highest BCUT2D eigenvalue weighted by Crippen LogP contribution is 2.33. The first-order valence-corrected chi connectivity index (χ1v) is 9.20. The second-order valence-corrected chi connectivity index (χ2v) is 7.08. The molecule has 0 aliphatic rings. The van der Waals surface area contributed by atoms with Crippen molar-refractivity contribution < 1.29 is 4.74 Å². The molecule has 0 unspecified atom stereocenters. The van der Waals surface area contributed by atoms with Gasteiger partial charge in [0.2, 0.25) is 0 Å². The zero-order chi connectivity index (χ0) is 17.9. The second-order valence-electron chi connectivity index (χ2n) is 6.01. The van der Waals surface area contributed by atoms with E-state index in [9.17, 15) is 0 Å². The molecule has 0 fully saturated rings. The van der Waals surface area contributed by atoms with Crippen molar-refractivity contribution in [3.8, 4) is 17.1 Å². The van der Waals surface area contributed by atoms with E-state index in [1.807, 2.05) is 42.5 Å². The molecule has 0 aliphatic carbocycles. The van der Waals surface area contributed by atoms with Gasteiger partial charge in [0, 0.05) is 15.8 Å². The lowest BCUT2D eigenvalue weighted by atomic mass is 10.2. The van der Waals surface area contributed by atoms with Crippen molar-refractivity contribution >= 4 is 22.7 Å². The maximum Gasteiger partial charge on any atom is 0.161 e. The number of benzene rings is 3. The van der Waals surface area contributed by atoms with Crippen LogP contribution in [0.25, 0.3) is 22.3 Å². The Kier molecular flexibility index (Phi) is 4.59. The second kappa shape index (κ2) is 7.18. The molecule has 4 rings (SSSR count). The Morgan fingerprint density at radius 1 is 0.808 bits per heavy atom. The van der Waals surface area contributed by atoms with Crippen LogP contribution in [0.4, 0.5) is 0 Å². The molecule has 0 aliphatic heterocycles. The van der Waals surface area contributed by atoms with Crippen LogP contribution in [-0.2, 0) is 0 Å². The third-order valence-corrected chi connectivity index (χ3v) is 5.16. The van der Waals surface area contributed by atoms with Gasteiger partial charge < -0.3 is 4.74 Å². The number of nitrogens with zero attached hydrogens (tertiary/aromatic N) is 2. The van der Waals surface area contributed by atoms with Gasteiger partial charge in [0.15, 0.2) is 5.82 Å². The minimum atomic E-state index is 0.723. The Labute approximate surface area is 157 Å². The van der Waals surface area contributed by atoms with Gasteiger partial charge in [-0.05, 0) is 49.4 Å². The molecular weight excluding hydrogens is 340 g/mol. The molecule has 0 spiro atoms. The third-order valence-electron chi connectivity index (χ3n) is 4.15. The van der Waals surface area contributed by atoms with Crippen molar-refractivity contribution in [3.63, 3.8) is 0 Å². The van der Waals surface area contributed by atoms with Crippen molar-refractivity contribution in [1.29, 1.82) is 0 Å². The highest BCUT2D eigenvalue weighted by molar-refractivity contribution is 7.99. The molecule has 0 amide bonds. The summed E-state index contributed by atoms with van der Waals surface area (Å²) < 4.78 is 5.24. The molecule has 0 saturated heterocycles. The van der Waals surface area contributed by atoms with Gasteiger partial charge >= 0.3 is 0 Å². The zero-order valence-electron chi connectivity index (χ0n) is 14.6. The quantitative estimate of drug-likeness (QED) is 0.434. The number of hydrogen-bond acceptors (Lipinski definition) is 4. The Hall–Kier alpha value is -2.85.